The number of Topliss-reactive ketones (excluding diaryl/α,β-unsaturated/α-hetero) is 1. The van der Waals surface area contributed by atoms with Gasteiger partial charge in [0.15, 0.2) is 16.9 Å². The van der Waals surface area contributed by atoms with E-state index in [9.17, 15) is 19.2 Å². The lowest BCUT2D eigenvalue weighted by Crippen LogP contribution is -2.44. The lowest BCUT2D eigenvalue weighted by atomic mass is 10.0. The fourth-order valence-corrected chi connectivity index (χ4v) is 4.76. The number of aromatic nitrogens is 4. The molecule has 1 saturated heterocycles. The van der Waals surface area contributed by atoms with Crippen LogP contribution in [0, 0.1) is 0 Å². The van der Waals surface area contributed by atoms with E-state index in [1.165, 1.54) is 15.5 Å². The average Bonchev–Trinajstić information content (AvgIpc) is 3.28. The number of hydrogen-bond acceptors (Lipinski definition) is 7. The molecule has 1 amide bonds. The van der Waals surface area contributed by atoms with Crippen molar-refractivity contribution in [3.05, 3.63) is 67.9 Å². The summed E-state index contributed by atoms with van der Waals surface area (Å²) in [7, 11) is 4.73. The number of aryl methyl sites for hydroxylation is 1. The Kier molecular flexibility index (Phi) is 7.68. The molecular weight excluding hydrogens is 486 g/mol. The van der Waals surface area contributed by atoms with E-state index in [2.05, 4.69) is 4.90 Å². The third-order valence-corrected chi connectivity index (χ3v) is 6.80. The van der Waals surface area contributed by atoms with Crippen LogP contribution in [0.25, 0.3) is 11.2 Å². The predicted octanol–water partition coefficient (Wildman–Crippen LogP) is 1.38. The van der Waals surface area contributed by atoms with Crippen LogP contribution in [0.3, 0.4) is 0 Å². The van der Waals surface area contributed by atoms with E-state index in [1.54, 1.807) is 43.9 Å². The number of ketones is 1. The molecule has 1 unspecified atom stereocenters. The van der Waals surface area contributed by atoms with E-state index in [0.717, 1.165) is 29.5 Å². The first-order valence-corrected chi connectivity index (χ1v) is 12.7. The van der Waals surface area contributed by atoms with Crippen LogP contribution >= 0.6 is 0 Å². The fourth-order valence-electron chi connectivity index (χ4n) is 4.76. The van der Waals surface area contributed by atoms with Gasteiger partial charge in [0, 0.05) is 52.4 Å². The Balaban J connectivity index is 1.87. The second-order valence-electron chi connectivity index (χ2n) is 10.2. The van der Waals surface area contributed by atoms with Gasteiger partial charge in [0.05, 0.1) is 12.1 Å². The number of hydrogen-bond donors (Lipinski definition) is 1. The zero-order chi connectivity index (χ0) is 27.7. The summed E-state index contributed by atoms with van der Waals surface area (Å²) in [5, 5.41) is 0. The number of carbonyl (C=O) groups excluding carboxylic acids is 2. The van der Waals surface area contributed by atoms with Gasteiger partial charge < -0.3 is 20.1 Å². The van der Waals surface area contributed by atoms with Crippen LogP contribution < -0.4 is 21.9 Å². The summed E-state index contributed by atoms with van der Waals surface area (Å²) in [5.41, 5.74) is 6.90. The number of nitrogens with two attached hydrogens (primary N) is 1. The van der Waals surface area contributed by atoms with Crippen molar-refractivity contribution in [2.75, 3.05) is 32.1 Å². The summed E-state index contributed by atoms with van der Waals surface area (Å²) in [6, 6.07) is 6.39. The third kappa shape index (κ3) is 5.06. The predicted molar refractivity (Wildman–Crippen MR) is 147 cm³/mol. The van der Waals surface area contributed by atoms with E-state index in [1.807, 2.05) is 19.9 Å². The number of carbonyl (C=O) groups is 2. The summed E-state index contributed by atoms with van der Waals surface area (Å²) in [6.07, 6.45) is 3.79. The van der Waals surface area contributed by atoms with Gasteiger partial charge in [-0.3, -0.25) is 23.5 Å². The number of piperidine rings is 1. The Morgan fingerprint density at radius 2 is 1.82 bits per heavy atom. The van der Waals surface area contributed by atoms with Gasteiger partial charge in [0.1, 0.15) is 0 Å². The molecule has 1 aliphatic heterocycles. The smallest absolute Gasteiger partial charge is 0.332 e. The number of anilines is 1. The largest absolute Gasteiger partial charge is 0.345 e. The van der Waals surface area contributed by atoms with Gasteiger partial charge in [-0.2, -0.15) is 4.98 Å². The van der Waals surface area contributed by atoms with Crippen molar-refractivity contribution in [2.45, 2.75) is 45.8 Å². The van der Waals surface area contributed by atoms with Crippen LogP contribution in [0.1, 0.15) is 47.4 Å². The molecule has 2 N–H and O–H groups in total. The molecule has 0 bridgehead atoms. The standard InChI is InChI=1S/C27H35N7O4/c1-17(2)12-14-33-22-23(29-26(33)32-13-8-9-18(28)15-32)31(5)27(38)34(25(22)37)16-21(35)19-10-6-7-11-20(19)24(36)30(3)4/h6-7,10-12,18H,8-9,13-16,28H2,1-5H3. The Morgan fingerprint density at radius 3 is 2.45 bits per heavy atom. The molecule has 11 nitrogen and oxygen atoms in total. The molecule has 1 aromatic carbocycles. The van der Waals surface area contributed by atoms with Gasteiger partial charge in [-0.05, 0) is 32.8 Å². The number of fused-ring (bicyclic) bond motifs is 1. The summed E-state index contributed by atoms with van der Waals surface area (Å²) < 4.78 is 4.02. The van der Waals surface area contributed by atoms with Crippen LogP contribution in [0.15, 0.2) is 45.5 Å². The first-order valence-electron chi connectivity index (χ1n) is 12.7. The lowest BCUT2D eigenvalue weighted by Gasteiger charge is -2.31. The molecule has 202 valence electrons. The molecule has 38 heavy (non-hydrogen) atoms. The maximum atomic E-state index is 13.8. The Morgan fingerprint density at radius 1 is 1.13 bits per heavy atom. The summed E-state index contributed by atoms with van der Waals surface area (Å²) >= 11 is 0. The maximum absolute atomic E-state index is 13.8. The van der Waals surface area contributed by atoms with Crippen molar-refractivity contribution in [2.24, 2.45) is 12.8 Å². The van der Waals surface area contributed by atoms with Crippen molar-refractivity contribution in [3.63, 3.8) is 0 Å². The van der Waals surface area contributed by atoms with Crippen LogP contribution in [0.4, 0.5) is 5.95 Å². The molecule has 4 rings (SSSR count). The van der Waals surface area contributed by atoms with Crippen LogP contribution in [0.5, 0.6) is 0 Å². The number of imidazole rings is 1. The molecule has 0 radical (unpaired) electrons. The zero-order valence-electron chi connectivity index (χ0n) is 22.6. The average molecular weight is 522 g/mol. The topological polar surface area (TPSA) is 128 Å². The summed E-state index contributed by atoms with van der Waals surface area (Å²) in [6.45, 7) is 5.14. The second-order valence-corrected chi connectivity index (χ2v) is 10.2. The summed E-state index contributed by atoms with van der Waals surface area (Å²) in [4.78, 5) is 61.3. The first-order chi connectivity index (χ1) is 18.0. The van der Waals surface area contributed by atoms with Crippen LogP contribution in [0.2, 0.25) is 0 Å². The minimum atomic E-state index is -0.652. The number of nitrogens with zero attached hydrogens (tertiary/aromatic N) is 6. The highest BCUT2D eigenvalue weighted by Crippen LogP contribution is 2.23. The first kappa shape index (κ1) is 27.1. The SMILES string of the molecule is CC(C)=CCn1c(N2CCCC(N)C2)nc2c1c(=O)n(CC(=O)c1ccccc1C(=O)N(C)C)c(=O)n2C. The molecule has 0 spiro atoms. The maximum Gasteiger partial charge on any atom is 0.332 e. The Hall–Kier alpha value is -3.99. The lowest BCUT2D eigenvalue weighted by molar-refractivity contribution is 0.0819. The molecule has 0 aliphatic carbocycles. The molecule has 3 aromatic rings. The van der Waals surface area contributed by atoms with Crippen molar-refractivity contribution in [3.8, 4) is 0 Å². The monoisotopic (exact) mass is 521 g/mol. The molecule has 2 aromatic heterocycles. The fraction of sp³-hybridized carbons (Fsp3) is 0.444. The highest BCUT2D eigenvalue weighted by Gasteiger charge is 2.27. The van der Waals surface area contributed by atoms with Crippen LogP contribution in [-0.2, 0) is 20.1 Å². The van der Waals surface area contributed by atoms with Crippen LogP contribution in [-0.4, -0.2) is 68.5 Å². The van der Waals surface area contributed by atoms with Gasteiger partial charge in [0.25, 0.3) is 11.5 Å². The van der Waals surface area contributed by atoms with Gasteiger partial charge in [0.2, 0.25) is 5.95 Å². The molecule has 0 saturated carbocycles. The van der Waals surface area contributed by atoms with Gasteiger partial charge >= 0.3 is 5.69 Å². The number of amides is 1. The van der Waals surface area contributed by atoms with E-state index < -0.39 is 23.6 Å². The van der Waals surface area contributed by atoms with Crippen molar-refractivity contribution in [1.82, 2.24) is 23.6 Å². The normalized spacial score (nSPS) is 15.5. The highest BCUT2D eigenvalue weighted by molar-refractivity contribution is 6.07. The van der Waals surface area contributed by atoms with Crippen molar-refractivity contribution in [1.29, 1.82) is 0 Å². The van der Waals surface area contributed by atoms with Gasteiger partial charge in [-0.15, -0.1) is 0 Å². The van der Waals surface area contributed by atoms with Gasteiger partial charge in [-0.25, -0.2) is 4.79 Å². The zero-order valence-corrected chi connectivity index (χ0v) is 22.6. The van der Waals surface area contributed by atoms with Crippen molar-refractivity contribution < 1.29 is 9.59 Å². The quantitative estimate of drug-likeness (QED) is 0.367. The Labute approximate surface area is 220 Å². The molecule has 11 heteroatoms. The number of allylic oxidation sites excluding steroid dienone is 2. The minimum Gasteiger partial charge on any atom is -0.345 e. The van der Waals surface area contributed by atoms with Crippen molar-refractivity contribution >= 4 is 28.8 Å². The number of rotatable bonds is 7. The highest BCUT2D eigenvalue weighted by atomic mass is 16.2. The van der Waals surface area contributed by atoms with Gasteiger partial charge in [-0.1, -0.05) is 29.8 Å². The minimum absolute atomic E-state index is 0.0106. The molecule has 1 aliphatic rings. The van der Waals surface area contributed by atoms with E-state index in [4.69, 9.17) is 10.7 Å². The molecule has 1 atom stereocenters. The molecular formula is C27H35N7O4. The third-order valence-electron chi connectivity index (χ3n) is 6.80. The second kappa shape index (κ2) is 10.8. The van der Waals surface area contributed by atoms with E-state index >= 15 is 0 Å². The summed E-state index contributed by atoms with van der Waals surface area (Å²) in [5.74, 6) is -0.272. The number of benzene rings is 1. The van der Waals surface area contributed by atoms with E-state index in [-0.39, 0.29) is 34.2 Å². The molecule has 3 heterocycles. The Bertz CT molecular complexity index is 1540. The van der Waals surface area contributed by atoms with E-state index in [0.29, 0.717) is 19.0 Å². The molecule has 1 fully saturated rings.